The third-order valence-electron chi connectivity index (χ3n) is 1.23. The number of benzene rings is 1. The molecule has 0 spiro atoms. The molecule has 0 aliphatic rings. The van der Waals surface area contributed by atoms with E-state index in [1.807, 2.05) is 43.3 Å². The average molecular weight is 153 g/mol. The zero-order valence-electron chi connectivity index (χ0n) is 5.84. The second-order valence-corrected chi connectivity index (χ2v) is 2.49. The molecule has 0 saturated carbocycles. The molecule has 0 heterocycles. The molecule has 52 valence electrons. The molecule has 0 saturated heterocycles. The Balaban J connectivity index is 2.89. The van der Waals surface area contributed by atoms with Gasteiger partial charge in [-0.1, -0.05) is 35.9 Å². The van der Waals surface area contributed by atoms with E-state index < -0.39 is 0 Å². The second-order valence-electron chi connectivity index (χ2n) is 2.05. The largest absolute Gasteiger partial charge is 0.0871 e. The van der Waals surface area contributed by atoms with Crippen LogP contribution in [-0.4, -0.2) is 0 Å². The van der Waals surface area contributed by atoms with Crippen molar-refractivity contribution in [2.45, 2.75) is 6.92 Å². The first kappa shape index (κ1) is 7.36. The molecule has 0 radical (unpaired) electrons. The molecule has 0 amide bonds. The number of halogens is 1. The van der Waals surface area contributed by atoms with E-state index in [1.54, 1.807) is 0 Å². The van der Waals surface area contributed by atoms with Crippen LogP contribution < -0.4 is 0 Å². The number of hydrogen-bond acceptors (Lipinski definition) is 0. The fraction of sp³-hybridized carbons (Fsp3) is 0.111. The van der Waals surface area contributed by atoms with Gasteiger partial charge in [0.05, 0.1) is 0 Å². The maximum atomic E-state index is 5.69. The number of allylic oxidation sites excluding steroid dienone is 1. The summed E-state index contributed by atoms with van der Waals surface area (Å²) in [5.74, 6) is 0. The van der Waals surface area contributed by atoms with Gasteiger partial charge in [0, 0.05) is 5.02 Å². The standard InChI is InChI=1S/C9H9Cl/c1-2-3-8-4-6-9(10)7-5-8/h2-7H,1H3/b3-2+. The first-order valence-corrected chi connectivity index (χ1v) is 3.59. The molecule has 1 heteroatoms. The fourth-order valence-electron chi connectivity index (χ4n) is 0.766. The lowest BCUT2D eigenvalue weighted by Gasteiger charge is -1.90. The molecule has 1 aromatic rings. The summed E-state index contributed by atoms with van der Waals surface area (Å²) in [4.78, 5) is 0. The molecule has 0 unspecified atom stereocenters. The van der Waals surface area contributed by atoms with Gasteiger partial charge in [0.1, 0.15) is 0 Å². The van der Waals surface area contributed by atoms with Crippen LogP contribution in [0.5, 0.6) is 0 Å². The van der Waals surface area contributed by atoms with E-state index in [-0.39, 0.29) is 0 Å². The molecule has 0 aliphatic heterocycles. The fourth-order valence-corrected chi connectivity index (χ4v) is 0.892. The molecule has 0 aromatic heterocycles. The van der Waals surface area contributed by atoms with Gasteiger partial charge in [0.2, 0.25) is 0 Å². The Morgan fingerprint density at radius 1 is 1.20 bits per heavy atom. The first-order chi connectivity index (χ1) is 4.83. The summed E-state index contributed by atoms with van der Waals surface area (Å²) < 4.78 is 0. The summed E-state index contributed by atoms with van der Waals surface area (Å²) in [5.41, 5.74) is 1.19. The van der Waals surface area contributed by atoms with Crippen molar-refractivity contribution in [1.29, 1.82) is 0 Å². The summed E-state index contributed by atoms with van der Waals surface area (Å²) in [5, 5.41) is 0.785. The van der Waals surface area contributed by atoms with Gasteiger partial charge in [-0.3, -0.25) is 0 Å². The van der Waals surface area contributed by atoms with E-state index in [2.05, 4.69) is 0 Å². The highest BCUT2D eigenvalue weighted by molar-refractivity contribution is 6.30. The molecule has 0 aliphatic carbocycles. The zero-order valence-corrected chi connectivity index (χ0v) is 6.60. The third-order valence-corrected chi connectivity index (χ3v) is 1.48. The zero-order chi connectivity index (χ0) is 7.40. The highest BCUT2D eigenvalue weighted by Crippen LogP contribution is 2.10. The molecule has 10 heavy (non-hydrogen) atoms. The Labute approximate surface area is 66.1 Å². The minimum Gasteiger partial charge on any atom is -0.0871 e. The van der Waals surface area contributed by atoms with Crippen molar-refractivity contribution in [3.8, 4) is 0 Å². The molecular formula is C9H9Cl. The van der Waals surface area contributed by atoms with Crippen LogP contribution in [0.1, 0.15) is 12.5 Å². The van der Waals surface area contributed by atoms with E-state index in [0.29, 0.717) is 0 Å². The summed E-state index contributed by atoms with van der Waals surface area (Å²) in [6.07, 6.45) is 4.04. The molecule has 0 atom stereocenters. The van der Waals surface area contributed by atoms with E-state index >= 15 is 0 Å². The maximum Gasteiger partial charge on any atom is 0.0406 e. The highest BCUT2D eigenvalue weighted by Gasteiger charge is 1.84. The van der Waals surface area contributed by atoms with Gasteiger partial charge in [0.25, 0.3) is 0 Å². The summed E-state index contributed by atoms with van der Waals surface area (Å²) >= 11 is 5.69. The number of hydrogen-bond donors (Lipinski definition) is 0. The topological polar surface area (TPSA) is 0 Å². The Morgan fingerprint density at radius 2 is 1.80 bits per heavy atom. The van der Waals surface area contributed by atoms with Crippen molar-refractivity contribution in [3.05, 3.63) is 40.9 Å². The van der Waals surface area contributed by atoms with Gasteiger partial charge in [0.15, 0.2) is 0 Å². The molecule has 0 nitrogen and oxygen atoms in total. The van der Waals surface area contributed by atoms with Gasteiger partial charge in [-0.25, -0.2) is 0 Å². The van der Waals surface area contributed by atoms with Crippen LogP contribution in [0.15, 0.2) is 30.3 Å². The molecule has 1 rings (SSSR count). The van der Waals surface area contributed by atoms with E-state index in [9.17, 15) is 0 Å². The van der Waals surface area contributed by atoms with Crippen molar-refractivity contribution in [1.82, 2.24) is 0 Å². The molecule has 1 aromatic carbocycles. The second kappa shape index (κ2) is 3.43. The SMILES string of the molecule is C/C=C/c1ccc(Cl)cc1. The van der Waals surface area contributed by atoms with Gasteiger partial charge in [-0.15, -0.1) is 0 Å². The van der Waals surface area contributed by atoms with Gasteiger partial charge in [-0.05, 0) is 24.6 Å². The Kier molecular flexibility index (Phi) is 2.52. The molecule has 0 fully saturated rings. The Morgan fingerprint density at radius 3 is 2.30 bits per heavy atom. The van der Waals surface area contributed by atoms with Gasteiger partial charge in [-0.2, -0.15) is 0 Å². The molecule has 0 bridgehead atoms. The summed E-state index contributed by atoms with van der Waals surface area (Å²) in [6.45, 7) is 1.99. The average Bonchev–Trinajstić information content (AvgIpc) is 1.95. The Bertz CT molecular complexity index is 221. The van der Waals surface area contributed by atoms with Crippen LogP contribution in [0.2, 0.25) is 5.02 Å². The van der Waals surface area contributed by atoms with Crippen molar-refractivity contribution in [3.63, 3.8) is 0 Å². The smallest absolute Gasteiger partial charge is 0.0406 e. The van der Waals surface area contributed by atoms with Gasteiger partial charge < -0.3 is 0 Å². The molecule has 0 N–H and O–H groups in total. The van der Waals surface area contributed by atoms with Crippen LogP contribution in [0.3, 0.4) is 0 Å². The quantitative estimate of drug-likeness (QED) is 0.579. The van der Waals surface area contributed by atoms with Gasteiger partial charge >= 0.3 is 0 Å². The predicted octanol–water partition coefficient (Wildman–Crippen LogP) is 3.37. The summed E-state index contributed by atoms with van der Waals surface area (Å²) in [7, 11) is 0. The highest BCUT2D eigenvalue weighted by atomic mass is 35.5. The normalized spacial score (nSPS) is 10.6. The van der Waals surface area contributed by atoms with Crippen molar-refractivity contribution >= 4 is 17.7 Å². The van der Waals surface area contributed by atoms with Crippen LogP contribution in [-0.2, 0) is 0 Å². The Hall–Kier alpha value is -0.750. The minimum absolute atomic E-state index is 0.785. The lowest BCUT2D eigenvalue weighted by Crippen LogP contribution is -1.68. The van der Waals surface area contributed by atoms with E-state index in [1.165, 1.54) is 5.56 Å². The van der Waals surface area contributed by atoms with E-state index in [0.717, 1.165) is 5.02 Å². The van der Waals surface area contributed by atoms with E-state index in [4.69, 9.17) is 11.6 Å². The van der Waals surface area contributed by atoms with Crippen molar-refractivity contribution in [2.75, 3.05) is 0 Å². The predicted molar refractivity (Wildman–Crippen MR) is 46.2 cm³/mol. The van der Waals surface area contributed by atoms with Crippen molar-refractivity contribution in [2.24, 2.45) is 0 Å². The van der Waals surface area contributed by atoms with Crippen LogP contribution in [0.25, 0.3) is 6.08 Å². The lowest BCUT2D eigenvalue weighted by atomic mass is 10.2. The molecular weight excluding hydrogens is 144 g/mol. The number of rotatable bonds is 1. The maximum absolute atomic E-state index is 5.69. The third kappa shape index (κ3) is 1.89. The first-order valence-electron chi connectivity index (χ1n) is 3.21. The van der Waals surface area contributed by atoms with Crippen LogP contribution >= 0.6 is 11.6 Å². The lowest BCUT2D eigenvalue weighted by molar-refractivity contribution is 1.64. The van der Waals surface area contributed by atoms with Crippen molar-refractivity contribution < 1.29 is 0 Å². The van der Waals surface area contributed by atoms with Crippen LogP contribution in [0, 0.1) is 0 Å². The minimum atomic E-state index is 0.785. The monoisotopic (exact) mass is 152 g/mol. The van der Waals surface area contributed by atoms with Crippen LogP contribution in [0.4, 0.5) is 0 Å². The summed E-state index contributed by atoms with van der Waals surface area (Å²) in [6, 6.07) is 7.75.